The van der Waals surface area contributed by atoms with Crippen LogP contribution < -0.4 is 10.0 Å². The minimum Gasteiger partial charge on any atom is -0.455 e. The molecular weight excluding hydrogens is 476 g/mol. The van der Waals surface area contributed by atoms with Gasteiger partial charge in [0.05, 0.1) is 4.90 Å². The van der Waals surface area contributed by atoms with E-state index in [-0.39, 0.29) is 10.5 Å². The van der Waals surface area contributed by atoms with E-state index in [2.05, 4.69) is 25.4 Å². The third kappa shape index (κ3) is 6.71. The molecule has 0 unspecified atom stereocenters. The van der Waals surface area contributed by atoms with Crippen LogP contribution in [0, 0.1) is 0 Å². The van der Waals surface area contributed by atoms with Gasteiger partial charge in [-0.1, -0.05) is 33.6 Å². The number of rotatable bonds is 7. The lowest BCUT2D eigenvalue weighted by atomic mass is 10.2. The number of amides is 2. The van der Waals surface area contributed by atoms with E-state index in [4.69, 9.17) is 11.6 Å². The Bertz CT molecular complexity index is 995. The molecule has 0 atom stereocenters. The first-order valence-electron chi connectivity index (χ1n) is 7.68. The van der Waals surface area contributed by atoms with Gasteiger partial charge in [0.25, 0.3) is 11.8 Å². The lowest BCUT2D eigenvalue weighted by molar-refractivity contribution is -0.147. The largest absolute Gasteiger partial charge is 0.455 e. The van der Waals surface area contributed by atoms with Gasteiger partial charge in [0.15, 0.2) is 6.61 Å². The smallest absolute Gasteiger partial charge is 0.321 e. The van der Waals surface area contributed by atoms with Crippen molar-refractivity contribution in [3.8, 4) is 0 Å². The average Bonchev–Trinajstić information content (AvgIpc) is 2.65. The van der Waals surface area contributed by atoms with Crippen LogP contribution in [0.25, 0.3) is 0 Å². The summed E-state index contributed by atoms with van der Waals surface area (Å²) in [6.07, 6.45) is 0. The molecule has 0 aromatic heterocycles. The van der Waals surface area contributed by atoms with Gasteiger partial charge >= 0.3 is 5.97 Å². The van der Waals surface area contributed by atoms with Crippen LogP contribution >= 0.6 is 27.5 Å². The van der Waals surface area contributed by atoms with Crippen LogP contribution in [0.2, 0.25) is 5.02 Å². The Balaban J connectivity index is 1.79. The van der Waals surface area contributed by atoms with Crippen LogP contribution in [-0.2, 0) is 24.3 Å². The molecule has 0 saturated carbocycles. The third-order valence-electron chi connectivity index (χ3n) is 3.24. The van der Waals surface area contributed by atoms with Crippen molar-refractivity contribution in [2.45, 2.75) is 4.90 Å². The normalized spacial score (nSPS) is 10.9. The zero-order valence-corrected chi connectivity index (χ0v) is 17.3. The predicted octanol–water partition coefficient (Wildman–Crippen LogP) is 1.88. The Hall–Kier alpha value is -2.27. The summed E-state index contributed by atoms with van der Waals surface area (Å²) in [5.74, 6) is -2.52. The molecule has 0 spiro atoms. The first-order chi connectivity index (χ1) is 13.2. The van der Waals surface area contributed by atoms with Crippen molar-refractivity contribution in [1.82, 2.24) is 10.0 Å². The summed E-state index contributed by atoms with van der Waals surface area (Å²) >= 11 is 8.86. The fraction of sp³-hybridized carbons (Fsp3) is 0.118. The predicted molar refractivity (Wildman–Crippen MR) is 104 cm³/mol. The Kier molecular flexibility index (Phi) is 7.69. The molecule has 0 heterocycles. The molecular formula is C17H14BrClN2O6S. The molecule has 0 aliphatic carbocycles. The Labute approximate surface area is 174 Å². The molecule has 0 bridgehead atoms. The highest BCUT2D eigenvalue weighted by molar-refractivity contribution is 9.10. The molecule has 2 aromatic rings. The molecule has 148 valence electrons. The van der Waals surface area contributed by atoms with Crippen LogP contribution in [0.1, 0.15) is 10.4 Å². The Morgan fingerprint density at radius 2 is 1.75 bits per heavy atom. The fourth-order valence-electron chi connectivity index (χ4n) is 1.90. The number of esters is 1. The molecule has 11 heteroatoms. The lowest BCUT2D eigenvalue weighted by Crippen LogP contribution is -2.36. The average molecular weight is 490 g/mol. The molecule has 0 aliphatic rings. The van der Waals surface area contributed by atoms with Gasteiger partial charge in [-0.2, -0.15) is 4.72 Å². The molecule has 0 saturated heterocycles. The highest BCUT2D eigenvalue weighted by Crippen LogP contribution is 2.15. The van der Waals surface area contributed by atoms with Gasteiger partial charge in [0, 0.05) is 15.1 Å². The Morgan fingerprint density at radius 1 is 1.07 bits per heavy atom. The third-order valence-corrected chi connectivity index (χ3v) is 5.38. The number of imide groups is 1. The molecule has 2 N–H and O–H groups in total. The van der Waals surface area contributed by atoms with E-state index in [0.717, 1.165) is 0 Å². The monoisotopic (exact) mass is 488 g/mol. The number of sulfonamides is 1. The molecule has 8 nitrogen and oxygen atoms in total. The summed E-state index contributed by atoms with van der Waals surface area (Å²) in [6.45, 7) is -1.41. The van der Waals surface area contributed by atoms with E-state index in [1.807, 2.05) is 5.32 Å². The molecule has 0 aliphatic heterocycles. The SMILES string of the molecule is O=C(COC(=O)CNS(=O)(=O)c1cccc(Br)c1)NC(=O)c1ccc(Cl)cc1. The highest BCUT2D eigenvalue weighted by Gasteiger charge is 2.17. The first kappa shape index (κ1) is 22.0. The van der Waals surface area contributed by atoms with E-state index in [0.29, 0.717) is 9.50 Å². The number of hydrogen-bond donors (Lipinski definition) is 2. The maximum Gasteiger partial charge on any atom is 0.321 e. The highest BCUT2D eigenvalue weighted by atomic mass is 79.9. The van der Waals surface area contributed by atoms with Crippen molar-refractivity contribution >= 4 is 55.3 Å². The molecule has 2 amide bonds. The molecule has 2 aromatic carbocycles. The maximum absolute atomic E-state index is 12.1. The minimum atomic E-state index is -3.92. The van der Waals surface area contributed by atoms with E-state index in [1.165, 1.54) is 42.5 Å². The molecule has 0 radical (unpaired) electrons. The van der Waals surface area contributed by atoms with Crippen molar-refractivity contribution in [2.75, 3.05) is 13.2 Å². The van der Waals surface area contributed by atoms with Crippen molar-refractivity contribution in [3.05, 3.63) is 63.6 Å². The summed E-state index contributed by atoms with van der Waals surface area (Å²) in [7, 11) is -3.92. The standard InChI is InChI=1S/C17H14BrClN2O6S/c18-12-2-1-3-14(8-12)28(25,26)20-9-16(23)27-10-15(22)21-17(24)11-4-6-13(19)7-5-11/h1-8,20H,9-10H2,(H,21,22,24). The number of nitrogens with one attached hydrogen (secondary N) is 2. The van der Waals surface area contributed by atoms with Gasteiger partial charge in [-0.05, 0) is 42.5 Å². The quantitative estimate of drug-likeness (QED) is 0.573. The van der Waals surface area contributed by atoms with Crippen LogP contribution in [-0.4, -0.2) is 39.4 Å². The van der Waals surface area contributed by atoms with Gasteiger partial charge < -0.3 is 4.74 Å². The number of carbonyl (C=O) groups is 3. The fourth-order valence-corrected chi connectivity index (χ4v) is 3.60. The van der Waals surface area contributed by atoms with Gasteiger partial charge in [-0.15, -0.1) is 0 Å². The van der Waals surface area contributed by atoms with Crippen molar-refractivity contribution in [2.24, 2.45) is 0 Å². The second-order valence-electron chi connectivity index (χ2n) is 5.33. The maximum atomic E-state index is 12.1. The van der Waals surface area contributed by atoms with Crippen LogP contribution in [0.5, 0.6) is 0 Å². The van der Waals surface area contributed by atoms with Crippen molar-refractivity contribution in [3.63, 3.8) is 0 Å². The summed E-state index contributed by atoms with van der Waals surface area (Å²) in [4.78, 5) is 35.1. The zero-order valence-electron chi connectivity index (χ0n) is 14.1. The van der Waals surface area contributed by atoms with E-state index in [9.17, 15) is 22.8 Å². The van der Waals surface area contributed by atoms with E-state index >= 15 is 0 Å². The number of carbonyl (C=O) groups excluding carboxylic acids is 3. The second kappa shape index (κ2) is 9.78. The lowest BCUT2D eigenvalue weighted by Gasteiger charge is -2.08. The summed E-state index contributed by atoms with van der Waals surface area (Å²) in [5.41, 5.74) is 0.200. The zero-order chi connectivity index (χ0) is 20.7. The van der Waals surface area contributed by atoms with Gasteiger partial charge in [0.1, 0.15) is 6.54 Å². The van der Waals surface area contributed by atoms with E-state index < -0.39 is 41.0 Å². The number of benzene rings is 2. The van der Waals surface area contributed by atoms with E-state index in [1.54, 1.807) is 6.07 Å². The van der Waals surface area contributed by atoms with Crippen LogP contribution in [0.3, 0.4) is 0 Å². The molecule has 28 heavy (non-hydrogen) atoms. The van der Waals surface area contributed by atoms with Gasteiger partial charge in [-0.25, -0.2) is 8.42 Å². The number of hydrogen-bond acceptors (Lipinski definition) is 6. The topological polar surface area (TPSA) is 119 Å². The number of halogens is 2. The van der Waals surface area contributed by atoms with Gasteiger partial charge in [0.2, 0.25) is 10.0 Å². The Morgan fingerprint density at radius 3 is 2.39 bits per heavy atom. The molecule has 0 fully saturated rings. The molecule has 2 rings (SSSR count). The summed E-state index contributed by atoms with van der Waals surface area (Å²) in [6, 6.07) is 11.7. The van der Waals surface area contributed by atoms with Gasteiger partial charge in [-0.3, -0.25) is 19.7 Å². The second-order valence-corrected chi connectivity index (χ2v) is 8.45. The number of ether oxygens (including phenoxy) is 1. The van der Waals surface area contributed by atoms with Crippen molar-refractivity contribution < 1.29 is 27.5 Å². The van der Waals surface area contributed by atoms with Crippen molar-refractivity contribution in [1.29, 1.82) is 0 Å². The van der Waals surface area contributed by atoms with Crippen LogP contribution in [0.4, 0.5) is 0 Å². The summed E-state index contributed by atoms with van der Waals surface area (Å²) < 4.78 is 31.4. The van der Waals surface area contributed by atoms with Crippen LogP contribution in [0.15, 0.2) is 57.9 Å². The minimum absolute atomic E-state index is 0.0408. The summed E-state index contributed by atoms with van der Waals surface area (Å²) in [5, 5.41) is 2.47. The first-order valence-corrected chi connectivity index (χ1v) is 10.3.